The number of aliphatic carboxylic acids is 1. The number of alkyl carbamates (subject to hydrolysis) is 1. The van der Waals surface area contributed by atoms with Crippen molar-refractivity contribution in [3.63, 3.8) is 0 Å². The molecule has 3 aliphatic rings. The zero-order chi connectivity index (χ0) is 25.6. The summed E-state index contributed by atoms with van der Waals surface area (Å²) in [6, 6.07) is 14.8. The molecule has 2 saturated heterocycles. The second-order valence-electron chi connectivity index (χ2n) is 10.9. The molecule has 2 aliphatic heterocycles. The molecule has 2 amide bonds. The molecule has 4 unspecified atom stereocenters. The zero-order valence-electron chi connectivity index (χ0n) is 20.8. The number of ether oxygens (including phenoxy) is 2. The number of carboxylic acid groups (broad SMARTS) is 1. The Kier molecular flexibility index (Phi) is 6.14. The fourth-order valence-electron chi connectivity index (χ4n) is 6.06. The molecule has 2 aromatic carbocycles. The van der Waals surface area contributed by atoms with Gasteiger partial charge in [0.1, 0.15) is 12.2 Å². The van der Waals surface area contributed by atoms with Crippen molar-refractivity contribution in [2.45, 2.75) is 69.7 Å². The number of hydrogen-bond donors (Lipinski definition) is 2. The lowest BCUT2D eigenvalue weighted by Crippen LogP contribution is -2.59. The number of piperidine rings is 1. The highest BCUT2D eigenvalue weighted by molar-refractivity contribution is 5.80. The smallest absolute Gasteiger partial charge is 0.410 e. The van der Waals surface area contributed by atoms with Gasteiger partial charge in [0.05, 0.1) is 18.0 Å². The molecule has 1 aliphatic carbocycles. The number of carbonyl (C=O) groups excluding carboxylic acids is 2. The van der Waals surface area contributed by atoms with E-state index in [1.165, 1.54) is 0 Å². The van der Waals surface area contributed by atoms with Crippen molar-refractivity contribution in [2.75, 3.05) is 6.61 Å². The van der Waals surface area contributed by atoms with Crippen LogP contribution in [0.5, 0.6) is 0 Å². The van der Waals surface area contributed by atoms with Crippen LogP contribution in [0.25, 0.3) is 11.1 Å². The van der Waals surface area contributed by atoms with Crippen molar-refractivity contribution in [3.8, 4) is 11.1 Å². The molecule has 8 nitrogen and oxygen atoms in total. The van der Waals surface area contributed by atoms with Crippen molar-refractivity contribution in [3.05, 3.63) is 59.7 Å². The number of nitrogens with one attached hydrogen (secondary N) is 1. The molecule has 0 saturated carbocycles. The summed E-state index contributed by atoms with van der Waals surface area (Å²) in [5.41, 5.74) is 3.82. The summed E-state index contributed by atoms with van der Waals surface area (Å²) in [6.45, 7) is 5.46. The van der Waals surface area contributed by atoms with Crippen molar-refractivity contribution < 1.29 is 29.0 Å². The number of amides is 2. The lowest BCUT2D eigenvalue weighted by Gasteiger charge is -2.40. The highest BCUT2D eigenvalue weighted by Crippen LogP contribution is 2.45. The van der Waals surface area contributed by atoms with Crippen LogP contribution in [-0.2, 0) is 14.3 Å². The molecular formula is C28H32N2O6. The van der Waals surface area contributed by atoms with Gasteiger partial charge in [-0.1, -0.05) is 48.5 Å². The van der Waals surface area contributed by atoms with E-state index in [0.717, 1.165) is 22.3 Å². The average molecular weight is 493 g/mol. The normalized spacial score (nSPS) is 24.6. The van der Waals surface area contributed by atoms with Crippen molar-refractivity contribution in [1.29, 1.82) is 0 Å². The fourth-order valence-corrected chi connectivity index (χ4v) is 6.06. The van der Waals surface area contributed by atoms with E-state index < -0.39 is 41.8 Å². The minimum absolute atomic E-state index is 0.0882. The zero-order valence-corrected chi connectivity index (χ0v) is 20.8. The van der Waals surface area contributed by atoms with Gasteiger partial charge in [0.15, 0.2) is 0 Å². The number of benzene rings is 2. The van der Waals surface area contributed by atoms with Gasteiger partial charge >= 0.3 is 18.2 Å². The van der Waals surface area contributed by atoms with E-state index in [9.17, 15) is 19.5 Å². The summed E-state index contributed by atoms with van der Waals surface area (Å²) in [6.07, 6.45) is 0.355. The minimum Gasteiger partial charge on any atom is -0.481 e. The molecule has 190 valence electrons. The summed E-state index contributed by atoms with van der Waals surface area (Å²) in [7, 11) is 0. The first kappa shape index (κ1) is 24.2. The van der Waals surface area contributed by atoms with Crippen LogP contribution in [0.2, 0.25) is 0 Å². The fraction of sp³-hybridized carbons (Fsp3) is 0.464. The van der Waals surface area contributed by atoms with Crippen LogP contribution < -0.4 is 5.32 Å². The summed E-state index contributed by atoms with van der Waals surface area (Å²) >= 11 is 0. The second kappa shape index (κ2) is 9.15. The van der Waals surface area contributed by atoms with Crippen LogP contribution in [-0.4, -0.2) is 58.5 Å². The molecule has 2 N–H and O–H groups in total. The molecule has 2 heterocycles. The van der Waals surface area contributed by atoms with Crippen molar-refractivity contribution in [1.82, 2.24) is 10.2 Å². The number of rotatable bonds is 4. The van der Waals surface area contributed by atoms with E-state index in [4.69, 9.17) is 9.47 Å². The summed E-state index contributed by atoms with van der Waals surface area (Å²) in [5.74, 6) is -1.84. The van der Waals surface area contributed by atoms with E-state index in [1.807, 2.05) is 24.3 Å². The summed E-state index contributed by atoms with van der Waals surface area (Å²) < 4.78 is 11.3. The van der Waals surface area contributed by atoms with Gasteiger partial charge in [-0.15, -0.1) is 0 Å². The highest BCUT2D eigenvalue weighted by atomic mass is 16.6. The summed E-state index contributed by atoms with van der Waals surface area (Å²) in [5, 5.41) is 12.7. The Morgan fingerprint density at radius 2 is 1.61 bits per heavy atom. The quantitative estimate of drug-likeness (QED) is 0.637. The van der Waals surface area contributed by atoms with E-state index in [0.29, 0.717) is 19.3 Å². The summed E-state index contributed by atoms with van der Waals surface area (Å²) in [4.78, 5) is 39.6. The highest BCUT2D eigenvalue weighted by Gasteiger charge is 2.54. The van der Waals surface area contributed by atoms with Gasteiger partial charge in [0.2, 0.25) is 0 Å². The molecule has 0 radical (unpaired) electrons. The van der Waals surface area contributed by atoms with Crippen LogP contribution in [0.3, 0.4) is 0 Å². The Labute approximate surface area is 210 Å². The van der Waals surface area contributed by atoms with Crippen LogP contribution in [0, 0.1) is 5.92 Å². The van der Waals surface area contributed by atoms with Crippen molar-refractivity contribution >= 4 is 18.2 Å². The topological polar surface area (TPSA) is 105 Å². The number of nitrogens with zero attached hydrogens (tertiary/aromatic N) is 1. The molecule has 2 fully saturated rings. The Morgan fingerprint density at radius 3 is 2.19 bits per heavy atom. The molecular weight excluding hydrogens is 460 g/mol. The first-order valence-electron chi connectivity index (χ1n) is 12.5. The molecule has 5 rings (SSSR count). The van der Waals surface area contributed by atoms with Gasteiger partial charge in [-0.25, -0.2) is 9.59 Å². The maximum atomic E-state index is 13.4. The number of carbonyl (C=O) groups is 3. The third-order valence-corrected chi connectivity index (χ3v) is 7.44. The van der Waals surface area contributed by atoms with Gasteiger partial charge in [-0.2, -0.15) is 0 Å². The molecule has 0 spiro atoms. The number of hydrogen-bond acceptors (Lipinski definition) is 5. The third kappa shape index (κ3) is 4.40. The Hall–Kier alpha value is -3.55. The largest absolute Gasteiger partial charge is 0.481 e. The monoisotopic (exact) mass is 492 g/mol. The molecule has 2 bridgehead atoms. The van der Waals surface area contributed by atoms with Gasteiger partial charge in [-0.3, -0.25) is 9.69 Å². The predicted molar refractivity (Wildman–Crippen MR) is 133 cm³/mol. The predicted octanol–water partition coefficient (Wildman–Crippen LogP) is 4.77. The standard InChI is InChI=1S/C28H32N2O6/c1-28(2,3)36-26(33)29-23-13-12-16-14-21(25(31)32)24(23)30(16)27(34)35-15-22-19-10-6-4-8-17(19)18-9-5-7-11-20(18)22/h4-11,16,21-24H,12-15H2,1-3H3,(H,29,33)(H,31,32). The van der Waals surface area contributed by atoms with E-state index in [2.05, 4.69) is 29.6 Å². The van der Waals surface area contributed by atoms with Crippen molar-refractivity contribution in [2.24, 2.45) is 5.92 Å². The van der Waals surface area contributed by atoms with Gasteiger partial charge in [0, 0.05) is 12.0 Å². The van der Waals surface area contributed by atoms with Gasteiger partial charge in [-0.05, 0) is 62.3 Å². The van der Waals surface area contributed by atoms with Crippen LogP contribution >= 0.6 is 0 Å². The molecule has 8 heteroatoms. The lowest BCUT2D eigenvalue weighted by atomic mass is 9.92. The number of carboxylic acids is 1. The molecule has 0 aromatic heterocycles. The maximum Gasteiger partial charge on any atom is 0.410 e. The SMILES string of the molecule is CC(C)(C)OC(=O)NC1CCC2CC(C(=O)O)C1N2C(=O)OCC1c2ccccc2-c2ccccc21. The lowest BCUT2D eigenvalue weighted by molar-refractivity contribution is -0.142. The van der Waals surface area contributed by atoms with E-state index in [-0.39, 0.29) is 18.6 Å². The molecule has 2 aromatic rings. The van der Waals surface area contributed by atoms with Crippen LogP contribution in [0.15, 0.2) is 48.5 Å². The Morgan fingerprint density at radius 1 is 1.00 bits per heavy atom. The third-order valence-electron chi connectivity index (χ3n) is 7.44. The average Bonchev–Trinajstić information content (AvgIpc) is 3.29. The molecule has 4 atom stereocenters. The van der Waals surface area contributed by atoms with E-state index in [1.54, 1.807) is 25.7 Å². The van der Waals surface area contributed by atoms with Gasteiger partial charge < -0.3 is 19.9 Å². The van der Waals surface area contributed by atoms with E-state index >= 15 is 0 Å². The second-order valence-corrected chi connectivity index (χ2v) is 10.9. The Balaban J connectivity index is 1.34. The van der Waals surface area contributed by atoms with Crippen LogP contribution in [0.1, 0.15) is 57.1 Å². The number of fused-ring (bicyclic) bond motifs is 5. The van der Waals surface area contributed by atoms with Crippen LogP contribution in [0.4, 0.5) is 9.59 Å². The minimum atomic E-state index is -0.975. The maximum absolute atomic E-state index is 13.4. The van der Waals surface area contributed by atoms with Gasteiger partial charge in [0.25, 0.3) is 0 Å². The first-order valence-corrected chi connectivity index (χ1v) is 12.5. The Bertz CT molecular complexity index is 1140. The first-order chi connectivity index (χ1) is 17.1. The molecule has 36 heavy (non-hydrogen) atoms.